The molecule has 4 rings (SSSR count). The molecule has 4 aromatic rings. The number of aromatic carboxylic acids is 1. The van der Waals surface area contributed by atoms with Gasteiger partial charge in [-0.05, 0) is 65.4 Å². The van der Waals surface area contributed by atoms with Crippen molar-refractivity contribution in [2.45, 2.75) is 4.90 Å². The van der Waals surface area contributed by atoms with E-state index in [1.807, 2.05) is 0 Å². The number of carboxylic acids is 1. The highest BCUT2D eigenvalue weighted by Gasteiger charge is 2.19. The number of amidine groups is 1. The van der Waals surface area contributed by atoms with Crippen molar-refractivity contribution in [1.29, 1.82) is 5.41 Å². The third-order valence-electron chi connectivity index (χ3n) is 5.01. The topological polar surface area (TPSA) is 143 Å². The molecular formula is C24H17Cl2N3O5S. The zero-order chi connectivity index (χ0) is 25.3. The van der Waals surface area contributed by atoms with Gasteiger partial charge in [-0.15, -0.1) is 0 Å². The number of nitrogens with two attached hydrogens (primary N) is 1. The molecule has 0 fully saturated rings. The Bertz CT molecular complexity index is 1610. The van der Waals surface area contributed by atoms with E-state index >= 15 is 0 Å². The fraction of sp³-hybridized carbons (Fsp3) is 0. The minimum Gasteiger partial charge on any atom is -0.478 e. The van der Waals surface area contributed by atoms with Gasteiger partial charge in [-0.25, -0.2) is 13.2 Å². The average Bonchev–Trinajstić information content (AvgIpc) is 2.81. The Morgan fingerprint density at radius 2 is 1.63 bits per heavy atom. The molecular weight excluding hydrogens is 513 g/mol. The first kappa shape index (κ1) is 24.3. The summed E-state index contributed by atoms with van der Waals surface area (Å²) in [6, 6.07) is 18.1. The van der Waals surface area contributed by atoms with E-state index in [0.29, 0.717) is 11.3 Å². The maximum Gasteiger partial charge on any atom is 0.339 e. The Balaban J connectivity index is 1.62. The van der Waals surface area contributed by atoms with Crippen LogP contribution in [0.1, 0.15) is 15.9 Å². The third kappa shape index (κ3) is 5.32. The highest BCUT2D eigenvalue weighted by atomic mass is 35.5. The SMILES string of the molecule is N=C(N)c1ccc2cc(Oc3ccc(NS(=O)(=O)c4ccc(Cl)c(Cl)c4)cc3C(=O)O)ccc2c1. The number of nitrogen functional groups attached to an aromatic ring is 1. The minimum absolute atomic E-state index is 0.0229. The smallest absolute Gasteiger partial charge is 0.339 e. The molecule has 0 aromatic heterocycles. The van der Waals surface area contributed by atoms with Gasteiger partial charge in [0.15, 0.2) is 0 Å². The van der Waals surface area contributed by atoms with Crippen LogP contribution in [0.2, 0.25) is 10.0 Å². The van der Waals surface area contributed by atoms with Crippen LogP contribution in [0.25, 0.3) is 10.8 Å². The first-order valence-electron chi connectivity index (χ1n) is 9.95. The molecule has 0 radical (unpaired) electrons. The fourth-order valence-corrected chi connectivity index (χ4v) is 4.73. The molecule has 0 spiro atoms. The van der Waals surface area contributed by atoms with Crippen molar-refractivity contribution in [3.63, 3.8) is 0 Å². The van der Waals surface area contributed by atoms with Crippen LogP contribution < -0.4 is 15.2 Å². The summed E-state index contributed by atoms with van der Waals surface area (Å²) in [5, 5.41) is 19.1. The predicted octanol–water partition coefficient (Wildman–Crippen LogP) is 5.72. The third-order valence-corrected chi connectivity index (χ3v) is 7.13. The van der Waals surface area contributed by atoms with E-state index in [4.69, 9.17) is 39.1 Å². The van der Waals surface area contributed by atoms with Crippen molar-refractivity contribution < 1.29 is 23.1 Å². The molecule has 0 unspecified atom stereocenters. The highest BCUT2D eigenvalue weighted by molar-refractivity contribution is 7.92. The van der Waals surface area contributed by atoms with E-state index in [9.17, 15) is 18.3 Å². The molecule has 8 nitrogen and oxygen atoms in total. The van der Waals surface area contributed by atoms with E-state index in [2.05, 4.69) is 4.72 Å². The second-order valence-electron chi connectivity index (χ2n) is 7.44. The number of ether oxygens (including phenoxy) is 1. The van der Waals surface area contributed by atoms with Crippen molar-refractivity contribution in [3.8, 4) is 11.5 Å². The Labute approximate surface area is 210 Å². The van der Waals surface area contributed by atoms with Crippen LogP contribution >= 0.6 is 23.2 Å². The van der Waals surface area contributed by atoms with Crippen LogP contribution in [0.15, 0.2) is 77.7 Å². The van der Waals surface area contributed by atoms with Gasteiger partial charge in [0.2, 0.25) is 0 Å². The number of anilines is 1. The number of carbonyl (C=O) groups is 1. The van der Waals surface area contributed by atoms with Crippen molar-refractivity contribution in [2.75, 3.05) is 4.72 Å². The summed E-state index contributed by atoms with van der Waals surface area (Å²) >= 11 is 11.8. The molecule has 0 amide bonds. The van der Waals surface area contributed by atoms with Gasteiger partial charge >= 0.3 is 5.97 Å². The van der Waals surface area contributed by atoms with Crippen LogP contribution in [-0.2, 0) is 10.0 Å². The highest BCUT2D eigenvalue weighted by Crippen LogP contribution is 2.32. The van der Waals surface area contributed by atoms with E-state index in [-0.39, 0.29) is 37.8 Å². The van der Waals surface area contributed by atoms with Crippen LogP contribution in [0.5, 0.6) is 11.5 Å². The molecule has 0 aliphatic rings. The second kappa shape index (κ2) is 9.46. The van der Waals surface area contributed by atoms with E-state index < -0.39 is 16.0 Å². The summed E-state index contributed by atoms with van der Waals surface area (Å²) in [6.07, 6.45) is 0. The van der Waals surface area contributed by atoms with Gasteiger partial charge < -0.3 is 15.6 Å². The number of hydrogen-bond acceptors (Lipinski definition) is 5. The van der Waals surface area contributed by atoms with E-state index in [0.717, 1.165) is 16.8 Å². The standard InChI is InChI=1S/C24H17Cl2N3O5S/c25-20-7-6-18(12-21(20)26)35(32,33)29-16-4-8-22(19(11-16)24(30)31)34-17-5-3-13-9-15(23(27)28)2-1-14(13)10-17/h1-12,29H,(H3,27,28)(H,30,31). The summed E-state index contributed by atoms with van der Waals surface area (Å²) in [4.78, 5) is 11.7. The van der Waals surface area contributed by atoms with Crippen LogP contribution in [0.3, 0.4) is 0 Å². The van der Waals surface area contributed by atoms with Crippen molar-refractivity contribution in [3.05, 3.63) is 94.0 Å². The predicted molar refractivity (Wildman–Crippen MR) is 136 cm³/mol. The average molecular weight is 530 g/mol. The van der Waals surface area contributed by atoms with E-state index in [1.165, 1.54) is 30.3 Å². The fourth-order valence-electron chi connectivity index (χ4n) is 3.29. The molecule has 0 aliphatic heterocycles. The number of halogens is 2. The first-order chi connectivity index (χ1) is 16.5. The molecule has 0 atom stereocenters. The molecule has 178 valence electrons. The van der Waals surface area contributed by atoms with Gasteiger partial charge in [-0.1, -0.05) is 41.4 Å². The molecule has 11 heteroatoms. The summed E-state index contributed by atoms with van der Waals surface area (Å²) in [5.74, 6) is -0.954. The van der Waals surface area contributed by atoms with Crippen molar-refractivity contribution in [2.24, 2.45) is 5.73 Å². The lowest BCUT2D eigenvalue weighted by atomic mass is 10.1. The summed E-state index contributed by atoms with van der Waals surface area (Å²) < 4.78 is 33.5. The molecule has 0 bridgehead atoms. The molecule has 0 saturated carbocycles. The number of fused-ring (bicyclic) bond motifs is 1. The largest absolute Gasteiger partial charge is 0.478 e. The number of carboxylic acid groups (broad SMARTS) is 1. The molecule has 4 aromatic carbocycles. The number of hydrogen-bond donors (Lipinski definition) is 4. The zero-order valence-corrected chi connectivity index (χ0v) is 20.1. The monoisotopic (exact) mass is 529 g/mol. The number of rotatable bonds is 7. The van der Waals surface area contributed by atoms with Gasteiger partial charge in [0, 0.05) is 11.3 Å². The number of benzene rings is 4. The molecule has 0 aliphatic carbocycles. The maximum atomic E-state index is 12.7. The molecule has 35 heavy (non-hydrogen) atoms. The Morgan fingerprint density at radius 3 is 2.31 bits per heavy atom. The molecule has 0 heterocycles. The lowest BCUT2D eigenvalue weighted by Gasteiger charge is -2.13. The Morgan fingerprint density at radius 1 is 0.914 bits per heavy atom. The maximum absolute atomic E-state index is 12.7. The van der Waals surface area contributed by atoms with Gasteiger partial charge in [0.05, 0.1) is 14.9 Å². The van der Waals surface area contributed by atoms with Crippen LogP contribution in [-0.4, -0.2) is 25.3 Å². The van der Waals surface area contributed by atoms with E-state index in [1.54, 1.807) is 36.4 Å². The molecule has 5 N–H and O–H groups in total. The second-order valence-corrected chi connectivity index (χ2v) is 9.93. The molecule has 0 saturated heterocycles. The lowest BCUT2D eigenvalue weighted by Crippen LogP contribution is -2.13. The van der Waals surface area contributed by atoms with Gasteiger partial charge in [0.1, 0.15) is 22.9 Å². The number of sulfonamides is 1. The Kier molecular flexibility index (Phi) is 6.58. The van der Waals surface area contributed by atoms with Crippen LogP contribution in [0, 0.1) is 5.41 Å². The number of nitrogens with one attached hydrogen (secondary N) is 2. The zero-order valence-electron chi connectivity index (χ0n) is 17.7. The summed E-state index contributed by atoms with van der Waals surface area (Å²) in [7, 11) is -4.05. The summed E-state index contributed by atoms with van der Waals surface area (Å²) in [6.45, 7) is 0. The normalized spacial score (nSPS) is 11.3. The van der Waals surface area contributed by atoms with Crippen molar-refractivity contribution >= 4 is 61.5 Å². The van der Waals surface area contributed by atoms with Crippen molar-refractivity contribution in [1.82, 2.24) is 0 Å². The van der Waals surface area contributed by atoms with Gasteiger partial charge in [-0.2, -0.15) is 0 Å². The van der Waals surface area contributed by atoms with Crippen LogP contribution in [0.4, 0.5) is 5.69 Å². The van der Waals surface area contributed by atoms with Gasteiger partial charge in [-0.3, -0.25) is 10.1 Å². The quantitative estimate of drug-likeness (QED) is 0.178. The summed E-state index contributed by atoms with van der Waals surface area (Å²) in [5.41, 5.74) is 5.89. The first-order valence-corrected chi connectivity index (χ1v) is 12.2. The minimum atomic E-state index is -4.05. The Hall–Kier alpha value is -3.79. The lowest BCUT2D eigenvalue weighted by molar-refractivity contribution is 0.0694. The van der Waals surface area contributed by atoms with Gasteiger partial charge in [0.25, 0.3) is 10.0 Å².